The van der Waals surface area contributed by atoms with Crippen LogP contribution in [0.15, 0.2) is 206 Å². The van der Waals surface area contributed by atoms with E-state index in [0.29, 0.717) is 0 Å². The van der Waals surface area contributed by atoms with Crippen molar-refractivity contribution in [2.75, 3.05) is 0 Å². The number of hydrogen-bond donors (Lipinski definition) is 0. The van der Waals surface area contributed by atoms with Gasteiger partial charge < -0.3 is 0 Å². The molecule has 13 rings (SSSR count). The second-order valence-electron chi connectivity index (χ2n) is 15.9. The zero-order valence-electron chi connectivity index (χ0n) is 31.6. The van der Waals surface area contributed by atoms with E-state index in [9.17, 15) is 0 Å². The van der Waals surface area contributed by atoms with E-state index in [1.54, 1.807) is 0 Å². The van der Waals surface area contributed by atoms with Gasteiger partial charge in [-0.15, -0.1) is 0 Å². The Morgan fingerprint density at radius 2 is 0.448 bits per heavy atom. The third kappa shape index (κ3) is 4.40. The highest BCUT2D eigenvalue weighted by atomic mass is 14.2. The van der Waals surface area contributed by atoms with Crippen LogP contribution in [0.25, 0.3) is 130 Å². The van der Waals surface area contributed by atoms with Gasteiger partial charge in [0.1, 0.15) is 0 Å². The summed E-state index contributed by atoms with van der Waals surface area (Å²) in [6, 6.07) is 77.1. The van der Waals surface area contributed by atoms with Crippen molar-refractivity contribution in [2.24, 2.45) is 0 Å². The summed E-state index contributed by atoms with van der Waals surface area (Å²) in [5.74, 6) is 0. The summed E-state index contributed by atoms with van der Waals surface area (Å²) in [7, 11) is 0. The molecule has 58 heavy (non-hydrogen) atoms. The standard InChI is InChI=1S/C58H34/c1-3-17-45-41(13-1)43-15-5-9-21-49(43)57-51-23-11-7-19-47(51)53(33-55(45)57)37-27-29-39-35(31-37)25-26-36-32-38(28-30-40(36)39)54-34-56-46-18-4-2-14-42(46)44-16-6-10-22-50(44)58(56)52-24-12-8-20-48(52)54/h1-34H. The maximum absolute atomic E-state index is 2.45. The van der Waals surface area contributed by atoms with E-state index in [2.05, 4.69) is 206 Å². The Balaban J connectivity index is 1.00. The van der Waals surface area contributed by atoms with Gasteiger partial charge in [-0.3, -0.25) is 0 Å². The van der Waals surface area contributed by atoms with E-state index >= 15 is 0 Å². The Kier molecular flexibility index (Phi) is 6.54. The topological polar surface area (TPSA) is 0 Å². The minimum atomic E-state index is 1.24. The molecule has 0 aromatic heterocycles. The molecule has 0 aliphatic carbocycles. The molecule has 0 amide bonds. The summed E-state index contributed by atoms with van der Waals surface area (Å²) in [6.45, 7) is 0. The van der Waals surface area contributed by atoms with Crippen LogP contribution in [-0.2, 0) is 0 Å². The molecule has 13 aromatic rings. The highest BCUT2D eigenvalue weighted by Gasteiger charge is 2.17. The summed E-state index contributed by atoms with van der Waals surface area (Å²) in [4.78, 5) is 0. The quantitative estimate of drug-likeness (QED) is 0.155. The van der Waals surface area contributed by atoms with Crippen molar-refractivity contribution in [1.82, 2.24) is 0 Å². The second-order valence-corrected chi connectivity index (χ2v) is 15.9. The predicted octanol–water partition coefficient (Wildman–Crippen LogP) is 16.6. The third-order valence-corrected chi connectivity index (χ3v) is 13.0. The molecule has 0 aliphatic heterocycles. The van der Waals surface area contributed by atoms with Crippen LogP contribution >= 0.6 is 0 Å². The van der Waals surface area contributed by atoms with Gasteiger partial charge in [0.15, 0.2) is 0 Å². The first-order valence-corrected chi connectivity index (χ1v) is 20.3. The molecule has 13 aromatic carbocycles. The van der Waals surface area contributed by atoms with Gasteiger partial charge >= 0.3 is 0 Å². The normalized spacial score (nSPS) is 12.1. The van der Waals surface area contributed by atoms with Crippen LogP contribution in [-0.4, -0.2) is 0 Å². The number of rotatable bonds is 2. The largest absolute Gasteiger partial charge is 0.0616 e. The van der Waals surface area contributed by atoms with Crippen molar-refractivity contribution in [3.8, 4) is 22.3 Å². The minimum absolute atomic E-state index is 1.24. The SMILES string of the molecule is c1ccc2c(c1)c(-c1ccc3c(ccc4cc(-c5cc6c7ccccc7c7ccccc7c6c6ccccc56)ccc43)c1)cc1c3ccccc3c3ccccc3c21. The first kappa shape index (κ1) is 31.6. The molecular weight excluding hydrogens is 697 g/mol. The highest BCUT2D eigenvalue weighted by Crippen LogP contribution is 2.45. The number of benzene rings is 13. The molecule has 0 fully saturated rings. The maximum Gasteiger partial charge on any atom is -0.00199 e. The van der Waals surface area contributed by atoms with Crippen molar-refractivity contribution in [2.45, 2.75) is 0 Å². The van der Waals surface area contributed by atoms with E-state index in [1.807, 2.05) is 0 Å². The molecule has 0 radical (unpaired) electrons. The van der Waals surface area contributed by atoms with E-state index in [0.717, 1.165) is 0 Å². The van der Waals surface area contributed by atoms with Gasteiger partial charge in [0.2, 0.25) is 0 Å². The molecule has 0 spiro atoms. The van der Waals surface area contributed by atoms with Gasteiger partial charge in [-0.2, -0.15) is 0 Å². The molecule has 266 valence electrons. The van der Waals surface area contributed by atoms with Gasteiger partial charge in [0, 0.05) is 0 Å². The molecule has 0 heteroatoms. The molecule has 0 heterocycles. The monoisotopic (exact) mass is 730 g/mol. The minimum Gasteiger partial charge on any atom is -0.0616 e. The van der Waals surface area contributed by atoms with Crippen molar-refractivity contribution >= 4 is 108 Å². The van der Waals surface area contributed by atoms with Crippen molar-refractivity contribution in [1.29, 1.82) is 0 Å². The lowest BCUT2D eigenvalue weighted by molar-refractivity contribution is 1.70. The fraction of sp³-hybridized carbons (Fsp3) is 0. The molecule has 0 N–H and O–H groups in total. The second kappa shape index (κ2) is 12.0. The highest BCUT2D eigenvalue weighted by molar-refractivity contribution is 6.34. The third-order valence-electron chi connectivity index (χ3n) is 13.0. The molecule has 0 nitrogen and oxygen atoms in total. The van der Waals surface area contributed by atoms with Crippen LogP contribution in [0, 0.1) is 0 Å². The fourth-order valence-corrected chi connectivity index (χ4v) is 10.4. The van der Waals surface area contributed by atoms with E-state index in [1.165, 1.54) is 130 Å². The summed E-state index contributed by atoms with van der Waals surface area (Å²) < 4.78 is 0. The Morgan fingerprint density at radius 3 is 0.810 bits per heavy atom. The van der Waals surface area contributed by atoms with Gasteiger partial charge in [0.05, 0.1) is 0 Å². The lowest BCUT2D eigenvalue weighted by Gasteiger charge is -2.17. The first-order valence-electron chi connectivity index (χ1n) is 20.3. The molecular formula is C58H34. The molecule has 0 saturated heterocycles. The fourth-order valence-electron chi connectivity index (χ4n) is 10.4. The zero-order chi connectivity index (χ0) is 37.9. The smallest absolute Gasteiger partial charge is 0.00199 e. The summed E-state index contributed by atoms with van der Waals surface area (Å²) in [6.07, 6.45) is 0. The van der Waals surface area contributed by atoms with Gasteiger partial charge in [0.25, 0.3) is 0 Å². The maximum atomic E-state index is 2.45. The first-order chi connectivity index (χ1) is 28.8. The van der Waals surface area contributed by atoms with Crippen LogP contribution in [0.1, 0.15) is 0 Å². The van der Waals surface area contributed by atoms with Crippen LogP contribution in [0.2, 0.25) is 0 Å². The summed E-state index contributed by atoms with van der Waals surface area (Å²) in [5.41, 5.74) is 5.01. The molecule has 0 aliphatic rings. The van der Waals surface area contributed by atoms with Crippen LogP contribution in [0.4, 0.5) is 0 Å². The zero-order valence-corrected chi connectivity index (χ0v) is 31.6. The molecule has 0 unspecified atom stereocenters. The lowest BCUT2D eigenvalue weighted by Crippen LogP contribution is -1.89. The molecule has 0 bridgehead atoms. The number of fused-ring (bicyclic) bond motifs is 19. The van der Waals surface area contributed by atoms with Gasteiger partial charge in [-0.25, -0.2) is 0 Å². The van der Waals surface area contributed by atoms with Crippen LogP contribution in [0.3, 0.4) is 0 Å². The van der Waals surface area contributed by atoms with Crippen LogP contribution in [0.5, 0.6) is 0 Å². The average Bonchev–Trinajstić information content (AvgIpc) is 3.30. The number of hydrogen-bond acceptors (Lipinski definition) is 0. The van der Waals surface area contributed by atoms with E-state index < -0.39 is 0 Å². The Morgan fingerprint density at radius 1 is 0.172 bits per heavy atom. The summed E-state index contributed by atoms with van der Waals surface area (Å²) >= 11 is 0. The van der Waals surface area contributed by atoms with Crippen molar-refractivity contribution in [3.63, 3.8) is 0 Å². The van der Waals surface area contributed by atoms with Gasteiger partial charge in [-0.1, -0.05) is 182 Å². The average molecular weight is 731 g/mol. The predicted molar refractivity (Wildman–Crippen MR) is 252 cm³/mol. The Bertz CT molecular complexity index is 3650. The Labute approximate surface area is 334 Å². The van der Waals surface area contributed by atoms with E-state index in [-0.39, 0.29) is 0 Å². The van der Waals surface area contributed by atoms with Crippen molar-refractivity contribution < 1.29 is 0 Å². The molecule has 0 saturated carbocycles. The van der Waals surface area contributed by atoms with Crippen LogP contribution < -0.4 is 0 Å². The van der Waals surface area contributed by atoms with Gasteiger partial charge in [-0.05, 0) is 154 Å². The summed E-state index contributed by atoms with van der Waals surface area (Å²) in [5, 5.41) is 25.9. The van der Waals surface area contributed by atoms with E-state index in [4.69, 9.17) is 0 Å². The Hall–Kier alpha value is -7.54. The van der Waals surface area contributed by atoms with Crippen molar-refractivity contribution in [3.05, 3.63) is 206 Å². The molecule has 0 atom stereocenters. The lowest BCUT2D eigenvalue weighted by atomic mass is 9.86.